The second-order valence-electron chi connectivity index (χ2n) is 6.86. The van der Waals surface area contributed by atoms with Crippen molar-refractivity contribution in [3.05, 3.63) is 29.8 Å². The molecule has 8 heteroatoms. The van der Waals surface area contributed by atoms with Crippen LogP contribution in [-0.2, 0) is 20.9 Å². The maximum atomic E-state index is 12.2. The largest absolute Gasteiger partial charge is 0.441 e. The van der Waals surface area contributed by atoms with Gasteiger partial charge in [0.05, 0.1) is 13.1 Å². The van der Waals surface area contributed by atoms with Crippen molar-refractivity contribution in [2.24, 2.45) is 0 Å². The third-order valence-electron chi connectivity index (χ3n) is 4.76. The van der Waals surface area contributed by atoms with Gasteiger partial charge in [-0.05, 0) is 17.7 Å². The van der Waals surface area contributed by atoms with Gasteiger partial charge in [0.15, 0.2) is 0 Å². The zero-order chi connectivity index (χ0) is 18.6. The number of benzene rings is 1. The molecule has 0 radical (unpaired) electrons. The summed E-state index contributed by atoms with van der Waals surface area (Å²) in [6.07, 6.45) is 1.13. The number of amides is 3. The van der Waals surface area contributed by atoms with Crippen molar-refractivity contribution in [2.75, 3.05) is 31.5 Å². The van der Waals surface area contributed by atoms with E-state index in [1.165, 1.54) is 6.92 Å². The van der Waals surface area contributed by atoms with Crippen molar-refractivity contribution in [3.8, 4) is 0 Å². The summed E-state index contributed by atoms with van der Waals surface area (Å²) in [7, 11) is 0. The van der Waals surface area contributed by atoms with Gasteiger partial charge >= 0.3 is 6.09 Å². The van der Waals surface area contributed by atoms with Gasteiger partial charge in [-0.1, -0.05) is 12.1 Å². The van der Waals surface area contributed by atoms with Crippen LogP contribution in [0.2, 0.25) is 0 Å². The Morgan fingerprint density at radius 1 is 1.23 bits per heavy atom. The van der Waals surface area contributed by atoms with Crippen molar-refractivity contribution < 1.29 is 19.1 Å². The lowest BCUT2D eigenvalue weighted by atomic mass is 9.92. The van der Waals surface area contributed by atoms with Crippen molar-refractivity contribution >= 4 is 23.6 Å². The highest BCUT2D eigenvalue weighted by molar-refractivity contribution is 5.88. The molecular formula is C18H24N4O4. The number of nitrogens with one attached hydrogen (secondary N) is 3. The molecule has 0 unspecified atom stereocenters. The van der Waals surface area contributed by atoms with Gasteiger partial charge in [0.2, 0.25) is 11.8 Å². The van der Waals surface area contributed by atoms with Gasteiger partial charge in [0, 0.05) is 45.1 Å². The minimum absolute atomic E-state index is 0.0339. The number of rotatable bonds is 5. The molecule has 26 heavy (non-hydrogen) atoms. The van der Waals surface area contributed by atoms with Crippen LogP contribution in [0, 0.1) is 0 Å². The van der Waals surface area contributed by atoms with Gasteiger partial charge in [0.25, 0.3) is 0 Å². The van der Waals surface area contributed by atoms with Gasteiger partial charge in [-0.15, -0.1) is 0 Å². The number of carbonyl (C=O) groups is 3. The quantitative estimate of drug-likeness (QED) is 0.722. The van der Waals surface area contributed by atoms with Gasteiger partial charge in [-0.2, -0.15) is 0 Å². The number of hydrogen-bond donors (Lipinski definition) is 3. The molecule has 1 spiro atoms. The van der Waals surface area contributed by atoms with E-state index in [2.05, 4.69) is 20.9 Å². The molecular weight excluding hydrogens is 336 g/mol. The average Bonchev–Trinajstić information content (AvgIpc) is 2.97. The first kappa shape index (κ1) is 18.2. The number of ether oxygens (including phenoxy) is 1. The fourth-order valence-electron chi connectivity index (χ4n) is 3.27. The molecule has 3 rings (SSSR count). The van der Waals surface area contributed by atoms with Crippen LogP contribution in [0.15, 0.2) is 24.3 Å². The standard InChI is InChI=1S/C18H24N4O4/c1-13(23)21-15-4-2-14(3-5-15)10-19-16(24)11-22-8-6-18(7-9-22)12-20-17(25)26-18/h2-5H,6-12H2,1H3,(H,19,24)(H,20,25)(H,21,23). The molecule has 2 saturated heterocycles. The third-order valence-corrected chi connectivity index (χ3v) is 4.76. The predicted molar refractivity (Wildman–Crippen MR) is 95.5 cm³/mol. The molecule has 0 aliphatic carbocycles. The summed E-state index contributed by atoms with van der Waals surface area (Å²) in [6, 6.07) is 7.36. The molecule has 0 bridgehead atoms. The van der Waals surface area contributed by atoms with Gasteiger partial charge in [0.1, 0.15) is 5.60 Å². The van der Waals surface area contributed by atoms with Crippen LogP contribution in [0.4, 0.5) is 10.5 Å². The number of likely N-dealkylation sites (tertiary alicyclic amines) is 1. The van der Waals surface area contributed by atoms with Gasteiger partial charge < -0.3 is 20.7 Å². The van der Waals surface area contributed by atoms with Crippen LogP contribution in [0.5, 0.6) is 0 Å². The van der Waals surface area contributed by atoms with E-state index in [-0.39, 0.29) is 23.5 Å². The van der Waals surface area contributed by atoms with E-state index in [0.717, 1.165) is 37.2 Å². The second kappa shape index (κ2) is 7.74. The van der Waals surface area contributed by atoms with Crippen LogP contribution >= 0.6 is 0 Å². The maximum absolute atomic E-state index is 12.2. The maximum Gasteiger partial charge on any atom is 0.407 e. The molecule has 3 N–H and O–H groups in total. The lowest BCUT2D eigenvalue weighted by Crippen LogP contribution is -2.49. The smallest absolute Gasteiger partial charge is 0.407 e. The Bertz CT molecular complexity index is 681. The van der Waals surface area contributed by atoms with Crippen LogP contribution in [0.3, 0.4) is 0 Å². The number of anilines is 1. The molecule has 0 atom stereocenters. The van der Waals surface area contributed by atoms with E-state index in [1.54, 1.807) is 0 Å². The summed E-state index contributed by atoms with van der Waals surface area (Å²) >= 11 is 0. The summed E-state index contributed by atoms with van der Waals surface area (Å²) in [5.74, 6) is -0.147. The third kappa shape index (κ3) is 4.72. The minimum Gasteiger partial charge on any atom is -0.441 e. The molecule has 0 saturated carbocycles. The predicted octanol–water partition coefficient (Wildman–Crippen LogP) is 0.836. The number of piperidine rings is 1. The summed E-state index contributed by atoms with van der Waals surface area (Å²) in [5, 5.41) is 8.32. The van der Waals surface area contributed by atoms with E-state index in [1.807, 2.05) is 24.3 Å². The van der Waals surface area contributed by atoms with Crippen LogP contribution in [0.25, 0.3) is 0 Å². The molecule has 1 aromatic carbocycles. The molecule has 3 amide bonds. The molecule has 2 heterocycles. The Labute approximate surface area is 152 Å². The Kier molecular flexibility index (Phi) is 5.41. The van der Waals surface area contributed by atoms with Crippen molar-refractivity contribution in [3.63, 3.8) is 0 Å². The normalized spacial score (nSPS) is 18.9. The Morgan fingerprint density at radius 2 is 1.92 bits per heavy atom. The highest BCUT2D eigenvalue weighted by atomic mass is 16.6. The van der Waals surface area contributed by atoms with Crippen molar-refractivity contribution in [1.29, 1.82) is 0 Å². The van der Waals surface area contributed by atoms with E-state index >= 15 is 0 Å². The highest BCUT2D eigenvalue weighted by Gasteiger charge is 2.42. The second-order valence-corrected chi connectivity index (χ2v) is 6.86. The summed E-state index contributed by atoms with van der Waals surface area (Å²) in [5.41, 5.74) is 1.31. The molecule has 1 aromatic rings. The first-order chi connectivity index (χ1) is 12.4. The minimum atomic E-state index is -0.389. The number of alkyl carbamates (subject to hydrolysis) is 1. The molecule has 0 aromatic heterocycles. The lowest BCUT2D eigenvalue weighted by Gasteiger charge is -2.36. The average molecular weight is 360 g/mol. The monoisotopic (exact) mass is 360 g/mol. The van der Waals surface area contributed by atoms with Gasteiger partial charge in [-0.3, -0.25) is 14.5 Å². The Morgan fingerprint density at radius 3 is 2.50 bits per heavy atom. The van der Waals surface area contributed by atoms with Gasteiger partial charge in [-0.25, -0.2) is 4.79 Å². The zero-order valence-electron chi connectivity index (χ0n) is 14.8. The lowest BCUT2D eigenvalue weighted by molar-refractivity contribution is -0.123. The highest BCUT2D eigenvalue weighted by Crippen LogP contribution is 2.28. The summed E-state index contributed by atoms with van der Waals surface area (Å²) in [6.45, 7) is 4.26. The van der Waals surface area contributed by atoms with Crippen molar-refractivity contribution in [1.82, 2.24) is 15.5 Å². The number of carbonyl (C=O) groups excluding carboxylic acids is 3. The molecule has 8 nitrogen and oxygen atoms in total. The zero-order valence-corrected chi connectivity index (χ0v) is 14.8. The fraction of sp³-hybridized carbons (Fsp3) is 0.500. The first-order valence-corrected chi connectivity index (χ1v) is 8.77. The molecule has 140 valence electrons. The van der Waals surface area contributed by atoms with Crippen LogP contribution < -0.4 is 16.0 Å². The Hall–Kier alpha value is -2.61. The van der Waals surface area contributed by atoms with E-state index in [0.29, 0.717) is 19.6 Å². The molecule has 2 aliphatic heterocycles. The fourth-order valence-corrected chi connectivity index (χ4v) is 3.27. The number of nitrogens with zero attached hydrogens (tertiary/aromatic N) is 1. The van der Waals surface area contributed by atoms with E-state index < -0.39 is 0 Å². The summed E-state index contributed by atoms with van der Waals surface area (Å²) < 4.78 is 5.38. The summed E-state index contributed by atoms with van der Waals surface area (Å²) in [4.78, 5) is 36.5. The molecule has 2 fully saturated rings. The Balaban J connectivity index is 1.39. The SMILES string of the molecule is CC(=O)Nc1ccc(CNC(=O)CN2CCC3(CC2)CNC(=O)O3)cc1. The topological polar surface area (TPSA) is 99.8 Å². The number of hydrogen-bond acceptors (Lipinski definition) is 5. The van der Waals surface area contributed by atoms with Crippen molar-refractivity contribution in [2.45, 2.75) is 31.9 Å². The van der Waals surface area contributed by atoms with Crippen LogP contribution in [0.1, 0.15) is 25.3 Å². The molecule has 2 aliphatic rings. The van der Waals surface area contributed by atoms with Crippen LogP contribution in [-0.4, -0.2) is 54.6 Å². The van der Waals surface area contributed by atoms with E-state index in [9.17, 15) is 14.4 Å². The first-order valence-electron chi connectivity index (χ1n) is 8.77. The van der Waals surface area contributed by atoms with E-state index in [4.69, 9.17) is 4.74 Å².